The largest absolute Gasteiger partial charge is 0.491 e. The van der Waals surface area contributed by atoms with Crippen molar-refractivity contribution in [2.24, 2.45) is 0 Å². The first-order valence-electron chi connectivity index (χ1n) is 10.1. The van der Waals surface area contributed by atoms with Crippen molar-refractivity contribution in [1.29, 1.82) is 0 Å². The highest BCUT2D eigenvalue weighted by molar-refractivity contribution is 5.92. The van der Waals surface area contributed by atoms with Gasteiger partial charge in [0.2, 0.25) is 5.91 Å². The number of carbonyl (C=O) groups excluding carboxylic acids is 2. The molecular weight excluding hydrogens is 407 g/mol. The maximum atomic E-state index is 13.0. The minimum Gasteiger partial charge on any atom is -0.491 e. The predicted octanol–water partition coefficient (Wildman–Crippen LogP) is 0.820. The van der Waals surface area contributed by atoms with Crippen molar-refractivity contribution in [3.05, 3.63) is 58.5 Å². The maximum Gasteiger partial charge on any atom is 0.273 e. The SMILES string of the molecule is O=C(c1c[nH]c(=O)cn1)N1CCC(N2CC(COc3ccc(F)cc3)OCC2=O)CC1. The van der Waals surface area contributed by atoms with Crippen molar-refractivity contribution < 1.29 is 23.5 Å². The van der Waals surface area contributed by atoms with E-state index in [2.05, 4.69) is 9.97 Å². The molecule has 2 amide bonds. The van der Waals surface area contributed by atoms with Gasteiger partial charge in [-0.15, -0.1) is 0 Å². The number of H-pyrrole nitrogens is 1. The Kier molecular flexibility index (Phi) is 6.26. The number of amides is 2. The van der Waals surface area contributed by atoms with Crippen LogP contribution in [0.4, 0.5) is 4.39 Å². The highest BCUT2D eigenvalue weighted by Crippen LogP contribution is 2.22. The molecule has 0 spiro atoms. The van der Waals surface area contributed by atoms with Gasteiger partial charge in [0, 0.05) is 25.3 Å². The van der Waals surface area contributed by atoms with Crippen LogP contribution in [0.5, 0.6) is 5.75 Å². The minimum absolute atomic E-state index is 0.0114. The fraction of sp³-hybridized carbons (Fsp3) is 0.429. The molecule has 2 aliphatic rings. The molecule has 1 aromatic heterocycles. The summed E-state index contributed by atoms with van der Waals surface area (Å²) in [6.45, 7) is 1.63. The van der Waals surface area contributed by atoms with Gasteiger partial charge in [0.25, 0.3) is 11.5 Å². The lowest BCUT2D eigenvalue weighted by Crippen LogP contribution is -2.55. The van der Waals surface area contributed by atoms with Gasteiger partial charge >= 0.3 is 0 Å². The molecule has 1 atom stereocenters. The van der Waals surface area contributed by atoms with E-state index in [0.29, 0.717) is 38.2 Å². The van der Waals surface area contributed by atoms with Crippen LogP contribution in [0.15, 0.2) is 41.5 Å². The van der Waals surface area contributed by atoms with Crippen LogP contribution in [0, 0.1) is 5.82 Å². The summed E-state index contributed by atoms with van der Waals surface area (Å²) in [7, 11) is 0. The summed E-state index contributed by atoms with van der Waals surface area (Å²) in [5.41, 5.74) is -0.169. The summed E-state index contributed by atoms with van der Waals surface area (Å²) in [5, 5.41) is 0. The van der Waals surface area contributed by atoms with E-state index < -0.39 is 0 Å². The normalized spacial score (nSPS) is 20.0. The molecule has 2 saturated heterocycles. The molecule has 4 rings (SSSR count). The lowest BCUT2D eigenvalue weighted by atomic mass is 10.0. The second kappa shape index (κ2) is 9.25. The fourth-order valence-electron chi connectivity index (χ4n) is 3.82. The van der Waals surface area contributed by atoms with E-state index >= 15 is 0 Å². The molecule has 0 saturated carbocycles. The van der Waals surface area contributed by atoms with Crippen LogP contribution in [0.25, 0.3) is 0 Å². The number of benzene rings is 1. The summed E-state index contributed by atoms with van der Waals surface area (Å²) < 4.78 is 24.3. The van der Waals surface area contributed by atoms with Gasteiger partial charge in [-0.25, -0.2) is 9.37 Å². The highest BCUT2D eigenvalue weighted by Gasteiger charge is 2.35. The van der Waals surface area contributed by atoms with Crippen LogP contribution < -0.4 is 10.3 Å². The number of nitrogens with zero attached hydrogens (tertiary/aromatic N) is 3. The van der Waals surface area contributed by atoms with E-state index in [1.807, 2.05) is 4.90 Å². The second-order valence-corrected chi connectivity index (χ2v) is 7.56. The van der Waals surface area contributed by atoms with Gasteiger partial charge in [0.05, 0.1) is 12.7 Å². The van der Waals surface area contributed by atoms with Gasteiger partial charge in [0.1, 0.15) is 36.6 Å². The van der Waals surface area contributed by atoms with Gasteiger partial charge in [-0.1, -0.05) is 0 Å². The Hall–Kier alpha value is -3.27. The molecule has 0 aliphatic carbocycles. The second-order valence-electron chi connectivity index (χ2n) is 7.56. The van der Waals surface area contributed by atoms with Crippen LogP contribution in [-0.4, -0.2) is 76.6 Å². The number of morpholine rings is 1. The van der Waals surface area contributed by atoms with E-state index in [-0.39, 0.29) is 54.2 Å². The number of likely N-dealkylation sites (tertiary alicyclic amines) is 1. The maximum absolute atomic E-state index is 13.0. The van der Waals surface area contributed by atoms with E-state index in [1.165, 1.54) is 18.3 Å². The standard InChI is InChI=1S/C21H23FN4O5/c22-14-1-3-16(4-2-14)30-12-17-11-26(20(28)13-31-17)15-5-7-25(8-6-15)21(29)18-9-24-19(27)10-23-18/h1-4,9-10,15,17H,5-8,11-13H2,(H,24,27). The quantitative estimate of drug-likeness (QED) is 0.753. The molecule has 2 aliphatic heterocycles. The van der Waals surface area contributed by atoms with Crippen molar-refractivity contribution in [3.8, 4) is 5.75 Å². The van der Waals surface area contributed by atoms with E-state index in [0.717, 1.165) is 6.20 Å². The molecule has 3 heterocycles. The molecular formula is C21H23FN4O5. The van der Waals surface area contributed by atoms with Gasteiger partial charge < -0.3 is 24.3 Å². The first-order valence-corrected chi connectivity index (χ1v) is 10.1. The van der Waals surface area contributed by atoms with Gasteiger partial charge in [0.15, 0.2) is 0 Å². The zero-order valence-electron chi connectivity index (χ0n) is 16.8. The Labute approximate surface area is 177 Å². The number of hydrogen-bond donors (Lipinski definition) is 1. The zero-order valence-corrected chi connectivity index (χ0v) is 16.8. The smallest absolute Gasteiger partial charge is 0.273 e. The third kappa shape index (κ3) is 5.08. The molecule has 164 valence electrons. The summed E-state index contributed by atoms with van der Waals surface area (Å²) in [6, 6.07) is 5.75. The third-order valence-electron chi connectivity index (χ3n) is 5.50. The monoisotopic (exact) mass is 430 g/mol. The number of piperidine rings is 1. The van der Waals surface area contributed by atoms with Crippen molar-refractivity contribution >= 4 is 11.8 Å². The van der Waals surface area contributed by atoms with Gasteiger partial charge in [-0.2, -0.15) is 0 Å². The molecule has 9 nitrogen and oxygen atoms in total. The molecule has 10 heteroatoms. The number of nitrogens with one attached hydrogen (secondary N) is 1. The molecule has 2 fully saturated rings. The number of aromatic nitrogens is 2. The summed E-state index contributed by atoms with van der Waals surface area (Å²) >= 11 is 0. The summed E-state index contributed by atoms with van der Waals surface area (Å²) in [6.07, 6.45) is 3.40. The lowest BCUT2D eigenvalue weighted by molar-refractivity contribution is -0.155. The number of rotatable bonds is 5. The number of aromatic amines is 1. The van der Waals surface area contributed by atoms with E-state index in [9.17, 15) is 18.8 Å². The number of ether oxygens (including phenoxy) is 2. The molecule has 1 N–H and O–H groups in total. The van der Waals surface area contributed by atoms with E-state index in [4.69, 9.17) is 9.47 Å². The average Bonchev–Trinajstić information content (AvgIpc) is 2.80. The Morgan fingerprint density at radius 2 is 1.97 bits per heavy atom. The number of halogens is 1. The lowest BCUT2D eigenvalue weighted by Gasteiger charge is -2.42. The molecule has 0 radical (unpaired) electrons. The van der Waals surface area contributed by atoms with Crippen molar-refractivity contribution in [1.82, 2.24) is 19.8 Å². The van der Waals surface area contributed by atoms with Gasteiger partial charge in [-0.3, -0.25) is 14.4 Å². The molecule has 31 heavy (non-hydrogen) atoms. The van der Waals surface area contributed by atoms with Crippen molar-refractivity contribution in [2.75, 3.05) is 32.8 Å². The number of carbonyl (C=O) groups is 2. The fourth-order valence-corrected chi connectivity index (χ4v) is 3.82. The Morgan fingerprint density at radius 3 is 2.65 bits per heavy atom. The first-order chi connectivity index (χ1) is 15.0. The Morgan fingerprint density at radius 1 is 1.23 bits per heavy atom. The Bertz CT molecular complexity index is 968. The molecule has 1 aromatic carbocycles. The third-order valence-corrected chi connectivity index (χ3v) is 5.50. The van der Waals surface area contributed by atoms with Crippen LogP contribution in [0.1, 0.15) is 23.3 Å². The van der Waals surface area contributed by atoms with Crippen molar-refractivity contribution in [2.45, 2.75) is 25.0 Å². The predicted molar refractivity (Wildman–Crippen MR) is 107 cm³/mol. The summed E-state index contributed by atoms with van der Waals surface area (Å²) in [4.78, 5) is 45.9. The highest BCUT2D eigenvalue weighted by atomic mass is 19.1. The molecule has 1 unspecified atom stereocenters. The van der Waals surface area contributed by atoms with Crippen LogP contribution >= 0.6 is 0 Å². The molecule has 2 aromatic rings. The summed E-state index contributed by atoms with van der Waals surface area (Å²) in [5.74, 6) is -0.117. The topological polar surface area (TPSA) is 105 Å². The number of hydrogen-bond acceptors (Lipinski definition) is 6. The van der Waals surface area contributed by atoms with Crippen LogP contribution in [0.3, 0.4) is 0 Å². The Balaban J connectivity index is 1.30. The van der Waals surface area contributed by atoms with Crippen LogP contribution in [0.2, 0.25) is 0 Å². The molecule has 0 bridgehead atoms. The van der Waals surface area contributed by atoms with E-state index in [1.54, 1.807) is 17.0 Å². The minimum atomic E-state index is -0.362. The zero-order chi connectivity index (χ0) is 21.8. The van der Waals surface area contributed by atoms with Crippen LogP contribution in [-0.2, 0) is 9.53 Å². The first kappa shape index (κ1) is 21.0. The van der Waals surface area contributed by atoms with Gasteiger partial charge in [-0.05, 0) is 37.1 Å². The average molecular weight is 430 g/mol. The van der Waals surface area contributed by atoms with Crippen molar-refractivity contribution in [3.63, 3.8) is 0 Å².